The second-order valence-corrected chi connectivity index (χ2v) is 7.05. The molecule has 2 aliphatic rings. The summed E-state index contributed by atoms with van der Waals surface area (Å²) in [5, 5.41) is 6.35. The molecule has 26 heavy (non-hydrogen) atoms. The minimum atomic E-state index is -0.472. The topological polar surface area (TPSA) is 100 Å². The van der Waals surface area contributed by atoms with Gasteiger partial charge in [-0.15, -0.1) is 0 Å². The first-order chi connectivity index (χ1) is 12.6. The number of nitrogens with two attached hydrogens (primary N) is 1. The molecule has 0 bridgehead atoms. The van der Waals surface area contributed by atoms with Crippen LogP contribution >= 0.6 is 0 Å². The molecular weight excluding hydrogens is 330 g/mol. The van der Waals surface area contributed by atoms with Gasteiger partial charge in [0.15, 0.2) is 0 Å². The van der Waals surface area contributed by atoms with E-state index in [9.17, 15) is 9.59 Å². The van der Waals surface area contributed by atoms with Crippen LogP contribution in [0.25, 0.3) is 0 Å². The summed E-state index contributed by atoms with van der Waals surface area (Å²) in [6.45, 7) is 4.97. The number of nitrogens with one attached hydrogen (secondary N) is 2. The average molecular weight is 357 g/mol. The molecule has 0 radical (unpaired) electrons. The van der Waals surface area contributed by atoms with Gasteiger partial charge in [0.1, 0.15) is 11.6 Å². The molecular formula is C19H27N5O2. The van der Waals surface area contributed by atoms with Gasteiger partial charge in [0.25, 0.3) is 5.91 Å². The third-order valence-corrected chi connectivity index (χ3v) is 5.14. The van der Waals surface area contributed by atoms with Crippen LogP contribution in [0.4, 0.5) is 11.6 Å². The maximum atomic E-state index is 11.8. The second kappa shape index (κ2) is 8.21. The van der Waals surface area contributed by atoms with Crippen molar-refractivity contribution in [3.05, 3.63) is 30.4 Å². The summed E-state index contributed by atoms with van der Waals surface area (Å²) < 4.78 is 0. The van der Waals surface area contributed by atoms with Crippen LogP contribution in [0.15, 0.2) is 24.8 Å². The first-order valence-electron chi connectivity index (χ1n) is 9.32. The summed E-state index contributed by atoms with van der Waals surface area (Å²) in [5.74, 6) is 0.734. The van der Waals surface area contributed by atoms with Crippen LogP contribution in [0, 0.1) is 0 Å². The van der Waals surface area contributed by atoms with E-state index in [4.69, 9.17) is 5.73 Å². The molecule has 1 atom stereocenters. The molecule has 4 N–H and O–H groups in total. The number of primary amides is 1. The van der Waals surface area contributed by atoms with Crippen molar-refractivity contribution >= 4 is 23.5 Å². The van der Waals surface area contributed by atoms with Crippen molar-refractivity contribution in [2.45, 2.75) is 50.6 Å². The zero-order valence-electron chi connectivity index (χ0n) is 15.0. The highest BCUT2D eigenvalue weighted by atomic mass is 16.1. The molecule has 2 fully saturated rings. The number of hydrogen-bond donors (Lipinski definition) is 3. The minimum absolute atomic E-state index is 0.0767. The molecule has 1 aromatic heterocycles. The van der Waals surface area contributed by atoms with E-state index in [0.717, 1.165) is 31.6 Å². The third-order valence-electron chi connectivity index (χ3n) is 5.14. The van der Waals surface area contributed by atoms with E-state index in [1.165, 1.54) is 25.3 Å². The molecule has 2 heterocycles. The molecule has 7 heteroatoms. The van der Waals surface area contributed by atoms with Gasteiger partial charge in [0.05, 0.1) is 5.56 Å². The smallest absolute Gasteiger partial charge is 0.252 e. The van der Waals surface area contributed by atoms with E-state index in [1.54, 1.807) is 6.07 Å². The predicted octanol–water partition coefficient (Wildman–Crippen LogP) is 1.81. The van der Waals surface area contributed by atoms with Gasteiger partial charge in [-0.3, -0.25) is 9.59 Å². The Balaban J connectivity index is 1.73. The van der Waals surface area contributed by atoms with Gasteiger partial charge in [0.2, 0.25) is 5.91 Å². The Morgan fingerprint density at radius 2 is 1.96 bits per heavy atom. The molecule has 3 rings (SSSR count). The first kappa shape index (κ1) is 18.2. The van der Waals surface area contributed by atoms with Gasteiger partial charge >= 0.3 is 0 Å². The summed E-state index contributed by atoms with van der Waals surface area (Å²) in [4.78, 5) is 30.1. The molecule has 140 valence electrons. The molecule has 0 aromatic carbocycles. The Bertz CT molecular complexity index is 685. The molecule has 1 saturated carbocycles. The quantitative estimate of drug-likeness (QED) is 0.674. The Morgan fingerprint density at radius 3 is 2.65 bits per heavy atom. The lowest BCUT2D eigenvalue weighted by Crippen LogP contribution is -2.36. The number of carbonyl (C=O) groups is 2. The molecule has 1 aliphatic carbocycles. The summed E-state index contributed by atoms with van der Waals surface area (Å²) >= 11 is 0. The number of rotatable bonds is 6. The number of carbonyl (C=O) groups excluding carboxylic acids is 2. The second-order valence-electron chi connectivity index (χ2n) is 7.05. The lowest BCUT2D eigenvalue weighted by Gasteiger charge is -2.25. The lowest BCUT2D eigenvalue weighted by atomic mass is 9.95. The van der Waals surface area contributed by atoms with Crippen molar-refractivity contribution in [2.24, 2.45) is 5.73 Å². The maximum absolute atomic E-state index is 11.8. The van der Waals surface area contributed by atoms with E-state index in [1.807, 2.05) is 6.07 Å². The Morgan fingerprint density at radius 1 is 1.19 bits per heavy atom. The predicted molar refractivity (Wildman–Crippen MR) is 102 cm³/mol. The third kappa shape index (κ3) is 4.33. The van der Waals surface area contributed by atoms with Crippen LogP contribution in [-0.4, -0.2) is 42.0 Å². The Labute approximate surface area is 154 Å². The van der Waals surface area contributed by atoms with Gasteiger partial charge in [-0.25, -0.2) is 4.98 Å². The van der Waals surface area contributed by atoms with Gasteiger partial charge in [-0.1, -0.05) is 25.8 Å². The van der Waals surface area contributed by atoms with E-state index < -0.39 is 5.91 Å². The van der Waals surface area contributed by atoms with Crippen LogP contribution in [0.1, 0.15) is 48.9 Å². The Hall–Kier alpha value is -2.57. The van der Waals surface area contributed by atoms with Crippen LogP contribution in [0.2, 0.25) is 0 Å². The largest absolute Gasteiger partial charge is 0.367 e. The number of aromatic nitrogens is 1. The van der Waals surface area contributed by atoms with Crippen LogP contribution < -0.4 is 21.3 Å². The summed E-state index contributed by atoms with van der Waals surface area (Å²) in [5.41, 5.74) is 5.95. The van der Waals surface area contributed by atoms with E-state index in [-0.39, 0.29) is 11.9 Å². The number of anilines is 2. The average Bonchev–Trinajstić information content (AvgIpc) is 3.10. The number of amides is 2. The zero-order valence-corrected chi connectivity index (χ0v) is 15.0. The van der Waals surface area contributed by atoms with E-state index in [0.29, 0.717) is 24.0 Å². The molecule has 0 spiro atoms. The highest BCUT2D eigenvalue weighted by molar-refractivity contribution is 5.98. The van der Waals surface area contributed by atoms with Gasteiger partial charge in [-0.2, -0.15) is 0 Å². The molecule has 1 aromatic rings. The SMILES string of the molecule is C=CC(=O)NC1CCN(c2ccc(C(N)=O)c(NC3CCCCC3)n2)C1. The van der Waals surface area contributed by atoms with Gasteiger partial charge in [0, 0.05) is 25.2 Å². The normalized spacial score (nSPS) is 20.6. The van der Waals surface area contributed by atoms with Gasteiger partial charge < -0.3 is 21.3 Å². The zero-order chi connectivity index (χ0) is 18.5. The fourth-order valence-electron chi connectivity index (χ4n) is 3.72. The maximum Gasteiger partial charge on any atom is 0.252 e. The highest BCUT2D eigenvalue weighted by Gasteiger charge is 2.25. The molecule has 1 unspecified atom stereocenters. The van der Waals surface area contributed by atoms with Crippen molar-refractivity contribution in [1.29, 1.82) is 0 Å². The van der Waals surface area contributed by atoms with Crippen molar-refractivity contribution in [3.8, 4) is 0 Å². The number of hydrogen-bond acceptors (Lipinski definition) is 5. The molecule has 7 nitrogen and oxygen atoms in total. The molecule has 1 aliphatic heterocycles. The lowest BCUT2D eigenvalue weighted by molar-refractivity contribution is -0.117. The number of nitrogens with zero attached hydrogens (tertiary/aromatic N) is 2. The van der Waals surface area contributed by atoms with Crippen LogP contribution in [0.3, 0.4) is 0 Å². The van der Waals surface area contributed by atoms with E-state index in [2.05, 4.69) is 27.1 Å². The summed E-state index contributed by atoms with van der Waals surface area (Å²) in [6, 6.07) is 3.98. The highest BCUT2D eigenvalue weighted by Crippen LogP contribution is 2.26. The summed E-state index contributed by atoms with van der Waals surface area (Å²) in [6.07, 6.45) is 7.96. The fraction of sp³-hybridized carbons (Fsp3) is 0.526. The van der Waals surface area contributed by atoms with Crippen molar-refractivity contribution in [2.75, 3.05) is 23.3 Å². The first-order valence-corrected chi connectivity index (χ1v) is 9.32. The number of pyridine rings is 1. The summed E-state index contributed by atoms with van der Waals surface area (Å²) in [7, 11) is 0. The Kier molecular flexibility index (Phi) is 5.75. The van der Waals surface area contributed by atoms with Crippen molar-refractivity contribution < 1.29 is 9.59 Å². The van der Waals surface area contributed by atoms with Crippen molar-refractivity contribution in [1.82, 2.24) is 10.3 Å². The standard InChI is InChI=1S/C19H27N5O2/c1-2-17(25)21-14-10-11-24(12-14)16-9-8-15(18(20)26)19(23-16)22-13-6-4-3-5-7-13/h2,8-9,13-14H,1,3-7,10-12H2,(H2,20,26)(H,21,25)(H,22,23). The van der Waals surface area contributed by atoms with E-state index >= 15 is 0 Å². The van der Waals surface area contributed by atoms with Gasteiger partial charge in [-0.05, 0) is 37.5 Å². The monoisotopic (exact) mass is 357 g/mol. The fourth-order valence-corrected chi connectivity index (χ4v) is 3.72. The molecule has 2 amide bonds. The van der Waals surface area contributed by atoms with Crippen molar-refractivity contribution in [3.63, 3.8) is 0 Å². The van der Waals surface area contributed by atoms with Crippen LogP contribution in [0.5, 0.6) is 0 Å². The molecule has 1 saturated heterocycles. The minimum Gasteiger partial charge on any atom is -0.367 e. The van der Waals surface area contributed by atoms with Crippen LogP contribution in [-0.2, 0) is 4.79 Å².